The van der Waals surface area contributed by atoms with Crippen LogP contribution in [0.2, 0.25) is 5.02 Å². The first-order valence-electron chi connectivity index (χ1n) is 10.2. The lowest BCUT2D eigenvalue weighted by atomic mass is 10.1. The van der Waals surface area contributed by atoms with Crippen LogP contribution in [0.1, 0.15) is 11.1 Å². The van der Waals surface area contributed by atoms with Crippen molar-refractivity contribution in [2.24, 2.45) is 5.10 Å². The van der Waals surface area contributed by atoms with E-state index in [1.165, 1.54) is 4.68 Å². The molecule has 0 saturated carbocycles. The quantitative estimate of drug-likeness (QED) is 0.340. The number of benzene rings is 3. The number of rotatable bonds is 3. The first kappa shape index (κ1) is 19.6. The highest BCUT2D eigenvalue weighted by Gasteiger charge is 2.18. The number of fused-ring (bicyclic) bond motifs is 3. The van der Waals surface area contributed by atoms with Crippen LogP contribution in [-0.4, -0.2) is 22.7 Å². The second-order valence-electron chi connectivity index (χ2n) is 7.67. The van der Waals surface area contributed by atoms with Gasteiger partial charge >= 0.3 is 0 Å². The molecule has 8 heteroatoms. The number of furan rings is 1. The summed E-state index contributed by atoms with van der Waals surface area (Å²) in [5.41, 5.74) is 2.62. The first-order valence-corrected chi connectivity index (χ1v) is 10.6. The normalized spacial score (nSPS) is 12.9. The van der Waals surface area contributed by atoms with E-state index in [0.29, 0.717) is 44.6 Å². The maximum Gasteiger partial charge on any atom is 0.282 e. The van der Waals surface area contributed by atoms with Gasteiger partial charge in [-0.25, -0.2) is 4.98 Å². The fourth-order valence-corrected chi connectivity index (χ4v) is 4.01. The molecule has 0 radical (unpaired) electrons. The van der Waals surface area contributed by atoms with Crippen LogP contribution in [0.5, 0.6) is 11.5 Å². The Morgan fingerprint density at radius 1 is 1.06 bits per heavy atom. The highest BCUT2D eigenvalue weighted by Crippen LogP contribution is 2.34. The third-order valence-electron chi connectivity index (χ3n) is 5.53. The van der Waals surface area contributed by atoms with Gasteiger partial charge in [0.1, 0.15) is 5.58 Å². The Morgan fingerprint density at radius 3 is 2.76 bits per heavy atom. The van der Waals surface area contributed by atoms with E-state index >= 15 is 0 Å². The van der Waals surface area contributed by atoms with Gasteiger partial charge in [0.2, 0.25) is 12.6 Å². The molecule has 1 aliphatic rings. The standard InChI is InChI=1S/C25H16ClN3O4/c1-14-8-21-22(32-13-31-21)11-16(14)12-27-29-24(28-19-5-3-2-4-18(19)25(29)30)23-10-15-9-17(26)6-7-20(15)33-23/h2-12H,13H2,1H3. The van der Waals surface area contributed by atoms with E-state index in [4.69, 9.17) is 30.5 Å². The van der Waals surface area contributed by atoms with Crippen molar-refractivity contribution in [2.75, 3.05) is 6.79 Å². The Labute approximate surface area is 192 Å². The van der Waals surface area contributed by atoms with Gasteiger partial charge in [0.05, 0.1) is 17.1 Å². The van der Waals surface area contributed by atoms with Crippen LogP contribution in [0.25, 0.3) is 33.5 Å². The molecule has 0 bridgehead atoms. The Bertz CT molecular complexity index is 1650. The predicted octanol–water partition coefficient (Wildman–Crippen LogP) is 5.38. The number of halogens is 1. The molecule has 0 saturated heterocycles. The number of aromatic nitrogens is 2. The zero-order valence-electron chi connectivity index (χ0n) is 17.4. The Morgan fingerprint density at radius 2 is 1.88 bits per heavy atom. The van der Waals surface area contributed by atoms with Gasteiger partial charge < -0.3 is 13.9 Å². The van der Waals surface area contributed by atoms with Crippen LogP contribution in [0.4, 0.5) is 0 Å². The molecular weight excluding hydrogens is 442 g/mol. The van der Waals surface area contributed by atoms with E-state index in [-0.39, 0.29) is 12.4 Å². The van der Waals surface area contributed by atoms with E-state index in [0.717, 1.165) is 16.5 Å². The molecular formula is C25H16ClN3O4. The molecule has 2 aromatic heterocycles. The second-order valence-corrected chi connectivity index (χ2v) is 8.11. The lowest BCUT2D eigenvalue weighted by Gasteiger charge is -2.08. The summed E-state index contributed by atoms with van der Waals surface area (Å²) < 4.78 is 18.2. The van der Waals surface area contributed by atoms with Crippen molar-refractivity contribution in [1.82, 2.24) is 9.66 Å². The molecule has 0 unspecified atom stereocenters. The molecule has 7 nitrogen and oxygen atoms in total. The van der Waals surface area contributed by atoms with Crippen molar-refractivity contribution in [1.29, 1.82) is 0 Å². The van der Waals surface area contributed by atoms with Gasteiger partial charge in [-0.2, -0.15) is 9.78 Å². The van der Waals surface area contributed by atoms with Gasteiger partial charge in [-0.3, -0.25) is 4.79 Å². The summed E-state index contributed by atoms with van der Waals surface area (Å²) in [7, 11) is 0. The average molecular weight is 458 g/mol. The number of hydrogen-bond donors (Lipinski definition) is 0. The number of hydrogen-bond acceptors (Lipinski definition) is 6. The number of para-hydroxylation sites is 1. The average Bonchev–Trinajstić information content (AvgIpc) is 3.44. The van der Waals surface area contributed by atoms with Crippen LogP contribution in [0.3, 0.4) is 0 Å². The fraction of sp³-hybridized carbons (Fsp3) is 0.0800. The maximum atomic E-state index is 13.4. The highest BCUT2D eigenvalue weighted by atomic mass is 35.5. The van der Waals surface area contributed by atoms with E-state index in [9.17, 15) is 4.79 Å². The molecule has 0 atom stereocenters. The molecule has 0 amide bonds. The SMILES string of the molecule is Cc1cc2c(cc1C=Nn1c(-c3cc4cc(Cl)ccc4o3)nc3ccccc3c1=O)OCO2. The van der Waals surface area contributed by atoms with Crippen molar-refractivity contribution in [2.45, 2.75) is 6.92 Å². The van der Waals surface area contributed by atoms with Gasteiger partial charge in [-0.1, -0.05) is 23.7 Å². The maximum absolute atomic E-state index is 13.4. The van der Waals surface area contributed by atoms with Crippen molar-refractivity contribution >= 4 is 39.7 Å². The molecule has 33 heavy (non-hydrogen) atoms. The van der Waals surface area contributed by atoms with E-state index in [2.05, 4.69) is 5.10 Å². The lowest BCUT2D eigenvalue weighted by Crippen LogP contribution is -2.20. The van der Waals surface area contributed by atoms with Crippen molar-refractivity contribution < 1.29 is 13.9 Å². The molecule has 0 fully saturated rings. The van der Waals surface area contributed by atoms with Crippen LogP contribution in [0, 0.1) is 6.92 Å². The topological polar surface area (TPSA) is 78.9 Å². The molecule has 162 valence electrons. The third-order valence-corrected chi connectivity index (χ3v) is 5.76. The summed E-state index contributed by atoms with van der Waals surface area (Å²) >= 11 is 6.13. The van der Waals surface area contributed by atoms with Gasteiger partial charge in [0, 0.05) is 16.0 Å². The van der Waals surface area contributed by atoms with Crippen molar-refractivity contribution in [3.05, 3.63) is 87.2 Å². The number of nitrogens with zero attached hydrogens (tertiary/aromatic N) is 3. The Kier molecular flexibility index (Phi) is 4.45. The minimum absolute atomic E-state index is 0.184. The smallest absolute Gasteiger partial charge is 0.282 e. The van der Waals surface area contributed by atoms with Crippen molar-refractivity contribution in [3.8, 4) is 23.1 Å². The summed E-state index contributed by atoms with van der Waals surface area (Å²) in [4.78, 5) is 18.1. The van der Waals surface area contributed by atoms with Crippen LogP contribution < -0.4 is 15.0 Å². The molecule has 3 heterocycles. The zero-order valence-corrected chi connectivity index (χ0v) is 18.2. The zero-order chi connectivity index (χ0) is 22.5. The summed E-state index contributed by atoms with van der Waals surface area (Å²) in [6.45, 7) is 2.12. The predicted molar refractivity (Wildman–Crippen MR) is 127 cm³/mol. The number of aryl methyl sites for hydroxylation is 1. The minimum Gasteiger partial charge on any atom is -0.454 e. The summed E-state index contributed by atoms with van der Waals surface area (Å²) in [6.07, 6.45) is 1.61. The van der Waals surface area contributed by atoms with Crippen molar-refractivity contribution in [3.63, 3.8) is 0 Å². The van der Waals surface area contributed by atoms with Gasteiger partial charge in [0.25, 0.3) is 5.56 Å². The van der Waals surface area contributed by atoms with E-state index < -0.39 is 0 Å². The Hall–Kier alpha value is -4.10. The third kappa shape index (κ3) is 3.34. The Balaban J connectivity index is 1.55. The van der Waals surface area contributed by atoms with Gasteiger partial charge in [-0.15, -0.1) is 0 Å². The minimum atomic E-state index is -0.302. The molecule has 0 aliphatic carbocycles. The summed E-state index contributed by atoms with van der Waals surface area (Å²) in [5.74, 6) is 2.03. The van der Waals surface area contributed by atoms with Crippen LogP contribution in [-0.2, 0) is 0 Å². The first-order chi connectivity index (χ1) is 16.1. The molecule has 0 spiro atoms. The lowest BCUT2D eigenvalue weighted by molar-refractivity contribution is 0.174. The van der Waals surface area contributed by atoms with Crippen LogP contribution >= 0.6 is 11.6 Å². The molecule has 0 N–H and O–H groups in total. The van der Waals surface area contributed by atoms with Gasteiger partial charge in [-0.05, 0) is 61.0 Å². The largest absolute Gasteiger partial charge is 0.454 e. The summed E-state index contributed by atoms with van der Waals surface area (Å²) in [5, 5.41) is 6.37. The highest BCUT2D eigenvalue weighted by molar-refractivity contribution is 6.31. The van der Waals surface area contributed by atoms with E-state index in [1.807, 2.05) is 25.1 Å². The monoisotopic (exact) mass is 457 g/mol. The fourth-order valence-electron chi connectivity index (χ4n) is 3.83. The molecule has 6 rings (SSSR count). The number of ether oxygens (including phenoxy) is 2. The van der Waals surface area contributed by atoms with E-state index in [1.54, 1.807) is 48.7 Å². The molecule has 1 aliphatic heterocycles. The molecule has 5 aromatic rings. The summed E-state index contributed by atoms with van der Waals surface area (Å²) in [6, 6.07) is 18.0. The van der Waals surface area contributed by atoms with Crippen LogP contribution in [0.15, 0.2) is 75.0 Å². The van der Waals surface area contributed by atoms with Gasteiger partial charge in [0.15, 0.2) is 17.3 Å². The second kappa shape index (κ2) is 7.50. The molecule has 3 aromatic carbocycles.